The third kappa shape index (κ3) is 2.92. The van der Waals surface area contributed by atoms with Crippen LogP contribution in [0.5, 0.6) is 11.5 Å². The molecular formula is C21H17N3O4. The van der Waals surface area contributed by atoms with E-state index in [1.807, 2.05) is 30.3 Å². The molecule has 0 aliphatic rings. The van der Waals surface area contributed by atoms with Crippen molar-refractivity contribution in [3.63, 3.8) is 0 Å². The molecule has 7 nitrogen and oxygen atoms in total. The molecule has 2 aromatic heterocycles. The summed E-state index contributed by atoms with van der Waals surface area (Å²) < 4.78 is 10.6. The first-order valence-electron chi connectivity index (χ1n) is 8.52. The second kappa shape index (κ2) is 7.03. The Morgan fingerprint density at radius 1 is 0.964 bits per heavy atom. The van der Waals surface area contributed by atoms with Gasteiger partial charge in [-0.15, -0.1) is 0 Å². The van der Waals surface area contributed by atoms with Gasteiger partial charge in [0.2, 0.25) is 0 Å². The highest BCUT2D eigenvalue weighted by atomic mass is 16.5. The quantitative estimate of drug-likeness (QED) is 0.547. The summed E-state index contributed by atoms with van der Waals surface area (Å²) in [5.41, 5.74) is 3.11. The van der Waals surface area contributed by atoms with E-state index in [-0.39, 0.29) is 5.56 Å². The zero-order chi connectivity index (χ0) is 19.7. The second-order valence-electron chi connectivity index (χ2n) is 6.09. The lowest BCUT2D eigenvalue weighted by atomic mass is 10.0. The topological polar surface area (TPSA) is 97.3 Å². The number of hydrogen-bond donors (Lipinski definition) is 2. The van der Waals surface area contributed by atoms with Crippen molar-refractivity contribution >= 4 is 17.0 Å². The molecule has 2 heterocycles. The first-order chi connectivity index (χ1) is 13.6. The number of aromatic nitrogens is 3. The SMILES string of the molecule is COc1ccc(-c2cc(C(=O)O)c3c(-c4ccccc4)[nH]nc3n2)cc1OC. The van der Waals surface area contributed by atoms with Gasteiger partial charge in [-0.3, -0.25) is 5.10 Å². The van der Waals surface area contributed by atoms with Crippen LogP contribution >= 0.6 is 0 Å². The summed E-state index contributed by atoms with van der Waals surface area (Å²) in [7, 11) is 3.10. The molecule has 7 heteroatoms. The standard InChI is InChI=1S/C21H17N3O4/c1-27-16-9-8-13(10-17(16)28-2)15-11-14(21(25)26)18-19(23-24-20(18)22-15)12-6-4-3-5-7-12/h3-11H,1-2H3,(H,25,26)(H,22,23,24). The number of rotatable bonds is 5. The molecule has 0 unspecified atom stereocenters. The lowest BCUT2D eigenvalue weighted by Gasteiger charge is -2.10. The van der Waals surface area contributed by atoms with Crippen LogP contribution in [0.3, 0.4) is 0 Å². The lowest BCUT2D eigenvalue weighted by Crippen LogP contribution is -2.00. The molecule has 0 bridgehead atoms. The molecule has 0 aliphatic carbocycles. The third-order valence-electron chi connectivity index (χ3n) is 4.50. The first-order valence-corrected chi connectivity index (χ1v) is 8.52. The number of methoxy groups -OCH3 is 2. The van der Waals surface area contributed by atoms with Gasteiger partial charge < -0.3 is 14.6 Å². The van der Waals surface area contributed by atoms with Crippen LogP contribution in [0.15, 0.2) is 54.6 Å². The minimum atomic E-state index is -1.05. The highest BCUT2D eigenvalue weighted by Crippen LogP contribution is 2.35. The van der Waals surface area contributed by atoms with Gasteiger partial charge in [-0.25, -0.2) is 9.78 Å². The van der Waals surface area contributed by atoms with Crippen LogP contribution in [-0.2, 0) is 0 Å². The number of aromatic amines is 1. The molecular weight excluding hydrogens is 358 g/mol. The average molecular weight is 375 g/mol. The average Bonchev–Trinajstić information content (AvgIpc) is 3.17. The number of carboxylic acid groups (broad SMARTS) is 1. The molecule has 0 atom stereocenters. The Morgan fingerprint density at radius 2 is 1.71 bits per heavy atom. The van der Waals surface area contributed by atoms with Gasteiger partial charge in [-0.1, -0.05) is 30.3 Å². The van der Waals surface area contributed by atoms with Crippen molar-refractivity contribution in [2.24, 2.45) is 0 Å². The van der Waals surface area contributed by atoms with E-state index in [1.165, 1.54) is 0 Å². The van der Waals surface area contributed by atoms with Crippen LogP contribution in [0.25, 0.3) is 33.5 Å². The summed E-state index contributed by atoms with van der Waals surface area (Å²) >= 11 is 0. The van der Waals surface area contributed by atoms with Crippen molar-refractivity contribution in [1.29, 1.82) is 0 Å². The van der Waals surface area contributed by atoms with E-state index in [0.29, 0.717) is 39.5 Å². The molecule has 2 N–H and O–H groups in total. The van der Waals surface area contributed by atoms with Gasteiger partial charge in [0.25, 0.3) is 0 Å². The van der Waals surface area contributed by atoms with Crippen molar-refractivity contribution in [3.05, 3.63) is 60.2 Å². The van der Waals surface area contributed by atoms with Crippen LogP contribution in [-0.4, -0.2) is 40.5 Å². The fraction of sp³-hybridized carbons (Fsp3) is 0.0952. The maximum Gasteiger partial charge on any atom is 0.336 e. The molecule has 0 saturated heterocycles. The van der Waals surface area contributed by atoms with Crippen LogP contribution in [0.1, 0.15) is 10.4 Å². The Hall–Kier alpha value is -3.87. The Bertz CT molecular complexity index is 1170. The van der Waals surface area contributed by atoms with Gasteiger partial charge in [0.15, 0.2) is 17.1 Å². The normalized spacial score (nSPS) is 10.8. The number of hydrogen-bond acceptors (Lipinski definition) is 5. The van der Waals surface area contributed by atoms with E-state index in [2.05, 4.69) is 15.2 Å². The molecule has 0 amide bonds. The van der Waals surface area contributed by atoms with E-state index in [1.54, 1.807) is 38.5 Å². The molecule has 0 spiro atoms. The number of benzene rings is 2. The van der Waals surface area contributed by atoms with E-state index in [9.17, 15) is 9.90 Å². The van der Waals surface area contributed by atoms with Crippen LogP contribution in [0, 0.1) is 0 Å². The summed E-state index contributed by atoms with van der Waals surface area (Å²) in [6.45, 7) is 0. The number of nitrogens with zero attached hydrogens (tertiary/aromatic N) is 2. The minimum absolute atomic E-state index is 0.127. The number of aromatic carboxylic acids is 1. The van der Waals surface area contributed by atoms with Gasteiger partial charge in [-0.05, 0) is 24.3 Å². The summed E-state index contributed by atoms with van der Waals surface area (Å²) in [6.07, 6.45) is 0. The molecule has 0 radical (unpaired) electrons. The highest BCUT2D eigenvalue weighted by molar-refractivity contribution is 6.08. The van der Waals surface area contributed by atoms with Crippen LogP contribution in [0.2, 0.25) is 0 Å². The van der Waals surface area contributed by atoms with Gasteiger partial charge in [0.1, 0.15) is 0 Å². The number of H-pyrrole nitrogens is 1. The van der Waals surface area contributed by atoms with Crippen LogP contribution < -0.4 is 9.47 Å². The number of ether oxygens (including phenoxy) is 2. The number of nitrogens with one attached hydrogen (secondary N) is 1. The molecule has 28 heavy (non-hydrogen) atoms. The van der Waals surface area contributed by atoms with Gasteiger partial charge in [-0.2, -0.15) is 5.10 Å². The van der Waals surface area contributed by atoms with E-state index in [0.717, 1.165) is 5.56 Å². The summed E-state index contributed by atoms with van der Waals surface area (Å²) in [4.78, 5) is 16.6. The summed E-state index contributed by atoms with van der Waals surface area (Å²) in [6, 6.07) is 16.3. The predicted octanol–water partition coefficient (Wildman–Crippen LogP) is 4.01. The van der Waals surface area contributed by atoms with Crippen molar-refractivity contribution < 1.29 is 19.4 Å². The predicted molar refractivity (Wildman–Crippen MR) is 105 cm³/mol. The molecule has 140 valence electrons. The molecule has 4 aromatic rings. The first kappa shape index (κ1) is 17.5. The van der Waals surface area contributed by atoms with Gasteiger partial charge in [0, 0.05) is 11.1 Å². The highest BCUT2D eigenvalue weighted by Gasteiger charge is 2.20. The molecule has 0 aliphatic heterocycles. The second-order valence-corrected chi connectivity index (χ2v) is 6.09. The lowest BCUT2D eigenvalue weighted by molar-refractivity contribution is 0.0699. The van der Waals surface area contributed by atoms with E-state index < -0.39 is 5.97 Å². The Morgan fingerprint density at radius 3 is 2.39 bits per heavy atom. The zero-order valence-corrected chi connectivity index (χ0v) is 15.3. The van der Waals surface area contributed by atoms with Crippen molar-refractivity contribution in [2.75, 3.05) is 14.2 Å². The van der Waals surface area contributed by atoms with Crippen LogP contribution in [0.4, 0.5) is 0 Å². The molecule has 4 rings (SSSR count). The fourth-order valence-corrected chi connectivity index (χ4v) is 3.15. The smallest absolute Gasteiger partial charge is 0.336 e. The number of carboxylic acids is 1. The van der Waals surface area contributed by atoms with Gasteiger partial charge >= 0.3 is 5.97 Å². The third-order valence-corrected chi connectivity index (χ3v) is 4.50. The van der Waals surface area contributed by atoms with E-state index >= 15 is 0 Å². The summed E-state index contributed by atoms with van der Waals surface area (Å²) in [5, 5.41) is 17.5. The maximum absolute atomic E-state index is 12.0. The van der Waals surface area contributed by atoms with Crippen molar-refractivity contribution in [2.45, 2.75) is 0 Å². The largest absolute Gasteiger partial charge is 0.493 e. The monoisotopic (exact) mass is 375 g/mol. The zero-order valence-electron chi connectivity index (χ0n) is 15.3. The number of pyridine rings is 1. The van der Waals surface area contributed by atoms with Crippen molar-refractivity contribution in [3.8, 4) is 34.0 Å². The Labute approximate surface area is 160 Å². The molecule has 0 fully saturated rings. The fourth-order valence-electron chi connectivity index (χ4n) is 3.15. The van der Waals surface area contributed by atoms with Gasteiger partial charge in [0.05, 0.1) is 36.6 Å². The number of carbonyl (C=O) groups is 1. The van der Waals surface area contributed by atoms with E-state index in [4.69, 9.17) is 9.47 Å². The van der Waals surface area contributed by atoms with Crippen molar-refractivity contribution in [1.82, 2.24) is 15.2 Å². The molecule has 2 aromatic carbocycles. The maximum atomic E-state index is 12.0. The Kier molecular flexibility index (Phi) is 4.41. The Balaban J connectivity index is 1.93. The number of fused-ring (bicyclic) bond motifs is 1. The minimum Gasteiger partial charge on any atom is -0.493 e. The summed E-state index contributed by atoms with van der Waals surface area (Å²) in [5.74, 6) is 0.0652. The molecule has 0 saturated carbocycles.